The van der Waals surface area contributed by atoms with Crippen LogP contribution in [0.1, 0.15) is 58.1 Å². The van der Waals surface area contributed by atoms with E-state index in [1.165, 1.54) is 23.8 Å². The third-order valence-electron chi connectivity index (χ3n) is 6.42. The van der Waals surface area contributed by atoms with E-state index in [1.807, 2.05) is 16.7 Å². The number of nitrogens with zero attached hydrogens (tertiary/aromatic N) is 2. The highest BCUT2D eigenvalue weighted by Crippen LogP contribution is 2.28. The number of sulfone groups is 1. The Bertz CT molecular complexity index is 1530. The molecule has 0 saturated carbocycles. The van der Waals surface area contributed by atoms with Gasteiger partial charge in [-0.1, -0.05) is 43.7 Å². The van der Waals surface area contributed by atoms with Crippen molar-refractivity contribution in [3.8, 4) is 0 Å². The second kappa shape index (κ2) is 9.30. The summed E-state index contributed by atoms with van der Waals surface area (Å²) in [5.74, 6) is -0.723. The molecular formula is C28H31N3O3S. The van der Waals surface area contributed by atoms with Crippen molar-refractivity contribution in [1.82, 2.24) is 9.55 Å². The van der Waals surface area contributed by atoms with Gasteiger partial charge < -0.3 is 10.3 Å². The fourth-order valence-corrected chi connectivity index (χ4v) is 5.76. The molecule has 7 heteroatoms. The molecule has 0 saturated heterocycles. The van der Waals surface area contributed by atoms with Gasteiger partial charge in [0.25, 0.3) is 0 Å². The second-order valence-corrected chi connectivity index (χ2v) is 11.5. The fourth-order valence-electron chi connectivity index (χ4n) is 4.59. The predicted octanol–water partition coefficient (Wildman–Crippen LogP) is 5.37. The van der Waals surface area contributed by atoms with Gasteiger partial charge in [0.1, 0.15) is 11.6 Å². The largest absolute Gasteiger partial charge is 0.384 e. The number of rotatable bonds is 7. The smallest absolute Gasteiger partial charge is 0.203 e. The van der Waals surface area contributed by atoms with E-state index < -0.39 is 21.4 Å². The van der Waals surface area contributed by atoms with Crippen molar-refractivity contribution in [3.05, 3.63) is 88.1 Å². The van der Waals surface area contributed by atoms with Crippen LogP contribution in [0.5, 0.6) is 0 Å². The molecule has 2 N–H and O–H groups in total. The minimum atomic E-state index is -3.95. The summed E-state index contributed by atoms with van der Waals surface area (Å²) in [5, 5.41) is 0.724. The van der Waals surface area contributed by atoms with Gasteiger partial charge in [-0.2, -0.15) is 0 Å². The van der Waals surface area contributed by atoms with E-state index in [0.29, 0.717) is 18.2 Å². The third kappa shape index (κ3) is 5.00. The summed E-state index contributed by atoms with van der Waals surface area (Å²) in [6, 6.07) is 16.6. The van der Waals surface area contributed by atoms with Crippen LogP contribution < -0.4 is 5.73 Å². The molecule has 0 spiro atoms. The van der Waals surface area contributed by atoms with E-state index in [1.54, 1.807) is 0 Å². The maximum absolute atomic E-state index is 13.5. The van der Waals surface area contributed by atoms with Crippen LogP contribution >= 0.6 is 0 Å². The maximum Gasteiger partial charge on any atom is 0.203 e. The van der Waals surface area contributed by atoms with E-state index in [-0.39, 0.29) is 10.8 Å². The Morgan fingerprint density at radius 1 is 1.00 bits per heavy atom. The minimum absolute atomic E-state index is 0.0965. The van der Waals surface area contributed by atoms with Crippen molar-refractivity contribution in [2.24, 2.45) is 0 Å². The van der Waals surface area contributed by atoms with Crippen LogP contribution in [0.25, 0.3) is 10.9 Å². The van der Waals surface area contributed by atoms with Crippen molar-refractivity contribution in [2.75, 3.05) is 11.5 Å². The van der Waals surface area contributed by atoms with Gasteiger partial charge in [0.05, 0.1) is 5.69 Å². The number of anilines is 1. The van der Waals surface area contributed by atoms with Crippen LogP contribution in [0, 0.1) is 20.8 Å². The topological polar surface area (TPSA) is 95.0 Å². The monoisotopic (exact) mass is 489 g/mol. The Labute approximate surface area is 206 Å². The Balaban J connectivity index is 1.82. The average Bonchev–Trinajstić information content (AvgIpc) is 3.13. The summed E-state index contributed by atoms with van der Waals surface area (Å²) in [7, 11) is -3.95. The number of carbonyl (C=O) groups excluding carboxylic acids is 1. The predicted molar refractivity (Wildman–Crippen MR) is 141 cm³/mol. The summed E-state index contributed by atoms with van der Waals surface area (Å²) in [6.45, 7) is 10.9. The quantitative estimate of drug-likeness (QED) is 0.352. The van der Waals surface area contributed by atoms with Crippen molar-refractivity contribution in [1.29, 1.82) is 0 Å². The van der Waals surface area contributed by atoms with Crippen LogP contribution in [-0.4, -0.2) is 29.5 Å². The van der Waals surface area contributed by atoms with Gasteiger partial charge in [0.2, 0.25) is 9.84 Å². The molecule has 0 aliphatic heterocycles. The van der Waals surface area contributed by atoms with Crippen LogP contribution in [0.3, 0.4) is 0 Å². The Morgan fingerprint density at radius 3 is 2.31 bits per heavy atom. The molecule has 35 heavy (non-hydrogen) atoms. The van der Waals surface area contributed by atoms with Crippen molar-refractivity contribution >= 4 is 32.3 Å². The number of Topliss-reactive ketones (excluding diaryl/α,β-unsaturated/α-hetero) is 1. The summed E-state index contributed by atoms with van der Waals surface area (Å²) >= 11 is 0. The standard InChI is InChI=1S/C28H31N3O3S/c1-17(2)21-9-10-24-22(13-21)14-25(31(24)15-23-19(4)11-18(3)12-20(23)5)26(32)16-35(33,34)28-8-6-7-27(29)30-28/h6-14,17H,15-16H2,1-5H3,(H2,29,30). The Hall–Kier alpha value is -3.45. The molecule has 0 atom stereocenters. The van der Waals surface area contributed by atoms with Crippen molar-refractivity contribution in [2.45, 2.75) is 52.1 Å². The molecule has 0 aliphatic carbocycles. The molecule has 0 radical (unpaired) electrons. The average molecular weight is 490 g/mol. The van der Waals surface area contributed by atoms with Crippen LogP contribution in [0.15, 0.2) is 59.6 Å². The Kier molecular flexibility index (Phi) is 6.56. The first-order valence-corrected chi connectivity index (χ1v) is 13.3. The number of ketones is 1. The minimum Gasteiger partial charge on any atom is -0.384 e. The zero-order valence-electron chi connectivity index (χ0n) is 20.8. The number of carbonyl (C=O) groups is 1. The number of nitrogen functional groups attached to an aromatic ring is 1. The van der Waals surface area contributed by atoms with Crippen LogP contribution in [0.4, 0.5) is 5.82 Å². The lowest BCUT2D eigenvalue weighted by Crippen LogP contribution is -2.21. The van der Waals surface area contributed by atoms with Gasteiger partial charge in [0, 0.05) is 17.4 Å². The molecular weight excluding hydrogens is 458 g/mol. The van der Waals surface area contributed by atoms with E-state index in [9.17, 15) is 13.2 Å². The highest BCUT2D eigenvalue weighted by molar-refractivity contribution is 7.92. The highest BCUT2D eigenvalue weighted by atomic mass is 32.2. The van der Waals surface area contributed by atoms with E-state index in [4.69, 9.17) is 5.73 Å². The molecule has 182 valence electrons. The maximum atomic E-state index is 13.5. The van der Waals surface area contributed by atoms with Gasteiger partial charge in [-0.25, -0.2) is 13.4 Å². The molecule has 6 nitrogen and oxygen atoms in total. The second-order valence-electron chi connectivity index (χ2n) is 9.55. The normalized spacial score (nSPS) is 11.9. The summed E-state index contributed by atoms with van der Waals surface area (Å²) in [4.78, 5) is 17.4. The molecule has 4 rings (SSSR count). The molecule has 2 heterocycles. The zero-order valence-corrected chi connectivity index (χ0v) is 21.6. The SMILES string of the molecule is Cc1cc(C)c(Cn2c(C(=O)CS(=O)(=O)c3cccc(N)n3)cc3cc(C(C)C)ccc32)c(C)c1. The highest BCUT2D eigenvalue weighted by Gasteiger charge is 2.25. The molecule has 2 aromatic carbocycles. The number of fused-ring (bicyclic) bond motifs is 1. The molecule has 4 aromatic rings. The van der Waals surface area contributed by atoms with Crippen molar-refractivity contribution in [3.63, 3.8) is 0 Å². The van der Waals surface area contributed by atoms with E-state index in [0.717, 1.165) is 33.2 Å². The van der Waals surface area contributed by atoms with Gasteiger partial charge in [0.15, 0.2) is 10.8 Å². The van der Waals surface area contributed by atoms with Crippen molar-refractivity contribution < 1.29 is 13.2 Å². The van der Waals surface area contributed by atoms with E-state index >= 15 is 0 Å². The van der Waals surface area contributed by atoms with Gasteiger partial charge in [-0.05, 0) is 79.3 Å². The number of nitrogens with two attached hydrogens (primary N) is 1. The first-order valence-electron chi connectivity index (χ1n) is 11.6. The third-order valence-corrected chi connectivity index (χ3v) is 7.93. The summed E-state index contributed by atoms with van der Waals surface area (Å²) < 4.78 is 27.9. The van der Waals surface area contributed by atoms with Crippen LogP contribution in [0.2, 0.25) is 0 Å². The molecule has 0 bridgehead atoms. The summed E-state index contributed by atoms with van der Waals surface area (Å²) in [5.41, 5.74) is 12.7. The lowest BCUT2D eigenvalue weighted by atomic mass is 9.99. The van der Waals surface area contributed by atoms with Crippen LogP contribution in [-0.2, 0) is 16.4 Å². The van der Waals surface area contributed by atoms with E-state index in [2.05, 4.69) is 63.9 Å². The fraction of sp³-hybridized carbons (Fsp3) is 0.286. The molecule has 0 aliphatic rings. The number of aromatic nitrogens is 2. The molecule has 0 amide bonds. The number of hydrogen-bond donors (Lipinski definition) is 1. The number of hydrogen-bond acceptors (Lipinski definition) is 5. The number of pyridine rings is 1. The molecule has 2 aromatic heterocycles. The Morgan fingerprint density at radius 2 is 1.69 bits per heavy atom. The molecule has 0 unspecified atom stereocenters. The lowest BCUT2D eigenvalue weighted by Gasteiger charge is -2.16. The molecule has 0 fully saturated rings. The first kappa shape index (κ1) is 24.7. The first-order chi connectivity index (χ1) is 16.5. The van der Waals surface area contributed by atoms with Gasteiger partial charge in [-0.15, -0.1) is 0 Å². The van der Waals surface area contributed by atoms with Gasteiger partial charge >= 0.3 is 0 Å². The van der Waals surface area contributed by atoms with Gasteiger partial charge in [-0.3, -0.25) is 4.79 Å². The number of aryl methyl sites for hydroxylation is 3. The summed E-state index contributed by atoms with van der Waals surface area (Å²) in [6.07, 6.45) is 0. The lowest BCUT2D eigenvalue weighted by molar-refractivity contribution is 0.101. The number of benzene rings is 2. The zero-order chi connectivity index (χ0) is 25.5.